The molecule has 6 heteroatoms. The maximum Gasteiger partial charge on any atom is 0.257 e. The Bertz CT molecular complexity index is 477. The Morgan fingerprint density at radius 1 is 1.39 bits per heavy atom. The third-order valence-electron chi connectivity index (χ3n) is 2.95. The second-order valence-corrected chi connectivity index (χ2v) is 4.28. The fourth-order valence-electron chi connectivity index (χ4n) is 1.73. The zero-order chi connectivity index (χ0) is 13.9. The van der Waals surface area contributed by atoms with Gasteiger partial charge in [-0.15, -0.1) is 0 Å². The van der Waals surface area contributed by atoms with E-state index in [-0.39, 0.29) is 11.7 Å². The van der Waals surface area contributed by atoms with E-state index >= 15 is 0 Å². The minimum atomic E-state index is -0.118. The van der Waals surface area contributed by atoms with Crippen molar-refractivity contribution in [3.05, 3.63) is 22.6 Å². The van der Waals surface area contributed by atoms with Crippen LogP contribution in [-0.4, -0.2) is 35.4 Å². The number of oxime groups is 1. The molecule has 100 valence electrons. The summed E-state index contributed by atoms with van der Waals surface area (Å²) in [6.45, 7) is 5.84. The summed E-state index contributed by atoms with van der Waals surface area (Å²) in [6, 6.07) is 0. The molecule has 18 heavy (non-hydrogen) atoms. The zero-order valence-corrected chi connectivity index (χ0v) is 11.1. The van der Waals surface area contributed by atoms with E-state index in [0.717, 1.165) is 11.3 Å². The van der Waals surface area contributed by atoms with E-state index in [1.54, 1.807) is 14.0 Å². The fourth-order valence-corrected chi connectivity index (χ4v) is 1.73. The van der Waals surface area contributed by atoms with Crippen molar-refractivity contribution in [3.8, 4) is 0 Å². The minimum absolute atomic E-state index is 0.103. The Morgan fingerprint density at radius 3 is 2.44 bits per heavy atom. The molecule has 0 saturated heterocycles. The van der Waals surface area contributed by atoms with E-state index in [9.17, 15) is 4.79 Å². The van der Waals surface area contributed by atoms with Crippen molar-refractivity contribution >= 4 is 11.7 Å². The Hall–Kier alpha value is -1.98. The molecule has 0 aromatic carbocycles. The quantitative estimate of drug-likeness (QED) is 0.367. The highest BCUT2D eigenvalue weighted by molar-refractivity contribution is 5.97. The molecular formula is C12H19N3O3. The summed E-state index contributed by atoms with van der Waals surface area (Å²) in [6.07, 6.45) is 0.327. The number of amidine groups is 1. The SMILES string of the molecule is Cc1oc(C)c(C(=O)N(C)CCC(N)=NO)c1C. The largest absolute Gasteiger partial charge is 0.466 e. The van der Waals surface area contributed by atoms with Crippen molar-refractivity contribution in [1.82, 2.24) is 4.90 Å². The van der Waals surface area contributed by atoms with E-state index in [0.29, 0.717) is 24.3 Å². The molecule has 0 saturated carbocycles. The van der Waals surface area contributed by atoms with Crippen LogP contribution in [-0.2, 0) is 0 Å². The lowest BCUT2D eigenvalue weighted by Crippen LogP contribution is -2.31. The van der Waals surface area contributed by atoms with Crippen molar-refractivity contribution in [2.75, 3.05) is 13.6 Å². The lowest BCUT2D eigenvalue weighted by molar-refractivity contribution is 0.0796. The van der Waals surface area contributed by atoms with Gasteiger partial charge in [0.15, 0.2) is 0 Å². The minimum Gasteiger partial charge on any atom is -0.466 e. The van der Waals surface area contributed by atoms with Crippen molar-refractivity contribution in [2.24, 2.45) is 10.9 Å². The number of carbonyl (C=O) groups is 1. The normalized spacial score (nSPS) is 11.7. The lowest BCUT2D eigenvalue weighted by Gasteiger charge is -2.16. The first kappa shape index (κ1) is 14.1. The Morgan fingerprint density at radius 2 is 2.00 bits per heavy atom. The van der Waals surface area contributed by atoms with Gasteiger partial charge in [0.2, 0.25) is 0 Å². The molecule has 1 heterocycles. The van der Waals surface area contributed by atoms with Gasteiger partial charge in [0.25, 0.3) is 5.91 Å². The number of carbonyl (C=O) groups excluding carboxylic acids is 1. The van der Waals surface area contributed by atoms with Gasteiger partial charge < -0.3 is 20.3 Å². The van der Waals surface area contributed by atoms with E-state index in [1.165, 1.54) is 4.90 Å². The average molecular weight is 253 g/mol. The fraction of sp³-hybridized carbons (Fsp3) is 0.500. The molecule has 6 nitrogen and oxygen atoms in total. The summed E-state index contributed by atoms with van der Waals surface area (Å²) in [7, 11) is 1.67. The molecule has 1 aromatic rings. The molecule has 1 rings (SSSR count). The zero-order valence-electron chi connectivity index (χ0n) is 11.1. The van der Waals surface area contributed by atoms with Crippen molar-refractivity contribution < 1.29 is 14.4 Å². The van der Waals surface area contributed by atoms with Crippen LogP contribution in [0, 0.1) is 20.8 Å². The number of nitrogens with zero attached hydrogens (tertiary/aromatic N) is 2. The summed E-state index contributed by atoms with van der Waals surface area (Å²) >= 11 is 0. The molecule has 0 aliphatic heterocycles. The van der Waals surface area contributed by atoms with Crippen molar-refractivity contribution in [3.63, 3.8) is 0 Å². The topological polar surface area (TPSA) is 92.1 Å². The summed E-state index contributed by atoms with van der Waals surface area (Å²) in [5.41, 5.74) is 6.81. The van der Waals surface area contributed by atoms with Crippen LogP contribution >= 0.6 is 0 Å². The van der Waals surface area contributed by atoms with Gasteiger partial charge in [-0.05, 0) is 20.8 Å². The van der Waals surface area contributed by atoms with E-state index < -0.39 is 0 Å². The average Bonchev–Trinajstić information content (AvgIpc) is 2.59. The van der Waals surface area contributed by atoms with E-state index in [2.05, 4.69) is 5.16 Å². The third kappa shape index (κ3) is 2.82. The van der Waals surface area contributed by atoms with Crippen LogP contribution in [0.2, 0.25) is 0 Å². The molecule has 0 aliphatic rings. The van der Waals surface area contributed by atoms with E-state index in [1.807, 2.05) is 13.8 Å². The monoisotopic (exact) mass is 253 g/mol. The second-order valence-electron chi connectivity index (χ2n) is 4.28. The van der Waals surface area contributed by atoms with Crippen LogP contribution in [0.1, 0.15) is 33.9 Å². The molecule has 0 bridgehead atoms. The standard InChI is InChI=1S/C12H19N3O3/c1-7-8(2)18-9(3)11(7)12(16)15(4)6-5-10(13)14-17/h17H,5-6H2,1-4H3,(H2,13,14). The van der Waals surface area contributed by atoms with Gasteiger partial charge in [-0.25, -0.2) is 0 Å². The number of amides is 1. The maximum atomic E-state index is 12.2. The predicted octanol–water partition coefficient (Wildman–Crippen LogP) is 1.41. The van der Waals surface area contributed by atoms with Crippen LogP contribution in [0.15, 0.2) is 9.57 Å². The van der Waals surface area contributed by atoms with Crippen molar-refractivity contribution in [1.29, 1.82) is 0 Å². The first-order valence-electron chi connectivity index (χ1n) is 5.67. The number of aryl methyl sites for hydroxylation is 2. The molecule has 0 atom stereocenters. The first-order chi connectivity index (χ1) is 8.38. The predicted molar refractivity (Wildman–Crippen MR) is 67.9 cm³/mol. The van der Waals surface area contributed by atoms with Gasteiger partial charge in [0.1, 0.15) is 17.4 Å². The number of furan rings is 1. The van der Waals surface area contributed by atoms with Crippen LogP contribution in [0.5, 0.6) is 0 Å². The molecule has 0 unspecified atom stereocenters. The highest BCUT2D eigenvalue weighted by Gasteiger charge is 2.21. The summed E-state index contributed by atoms with van der Waals surface area (Å²) in [5, 5.41) is 11.3. The van der Waals surface area contributed by atoms with E-state index in [4.69, 9.17) is 15.4 Å². The highest BCUT2D eigenvalue weighted by Crippen LogP contribution is 2.21. The molecular weight excluding hydrogens is 234 g/mol. The Balaban J connectivity index is 2.81. The maximum absolute atomic E-state index is 12.2. The van der Waals surface area contributed by atoms with Gasteiger partial charge in [0, 0.05) is 25.6 Å². The number of hydrogen-bond donors (Lipinski definition) is 2. The Labute approximate surface area is 106 Å². The molecule has 1 amide bonds. The summed E-state index contributed by atoms with van der Waals surface area (Å²) in [4.78, 5) is 13.8. The van der Waals surface area contributed by atoms with Gasteiger partial charge in [-0.2, -0.15) is 0 Å². The second kappa shape index (κ2) is 5.57. The Kier molecular flexibility index (Phi) is 4.36. The van der Waals surface area contributed by atoms with Gasteiger partial charge in [0.05, 0.1) is 5.56 Å². The molecule has 3 N–H and O–H groups in total. The molecule has 0 radical (unpaired) electrons. The smallest absolute Gasteiger partial charge is 0.257 e. The molecule has 0 aliphatic carbocycles. The van der Waals surface area contributed by atoms with Crippen molar-refractivity contribution in [2.45, 2.75) is 27.2 Å². The van der Waals surface area contributed by atoms with Gasteiger partial charge in [-0.3, -0.25) is 4.79 Å². The van der Waals surface area contributed by atoms with Crippen LogP contribution in [0.3, 0.4) is 0 Å². The van der Waals surface area contributed by atoms with Crippen LogP contribution in [0.4, 0.5) is 0 Å². The summed E-state index contributed by atoms with van der Waals surface area (Å²) < 4.78 is 5.43. The third-order valence-corrected chi connectivity index (χ3v) is 2.95. The number of hydrogen-bond acceptors (Lipinski definition) is 4. The lowest BCUT2D eigenvalue weighted by atomic mass is 10.1. The number of rotatable bonds is 4. The highest BCUT2D eigenvalue weighted by atomic mass is 16.4. The summed E-state index contributed by atoms with van der Waals surface area (Å²) in [5.74, 6) is 1.35. The van der Waals surface area contributed by atoms with Gasteiger partial charge >= 0.3 is 0 Å². The van der Waals surface area contributed by atoms with Crippen LogP contribution in [0.25, 0.3) is 0 Å². The van der Waals surface area contributed by atoms with Crippen LogP contribution < -0.4 is 5.73 Å². The number of nitrogens with two attached hydrogens (primary N) is 1. The first-order valence-corrected chi connectivity index (χ1v) is 5.67. The molecule has 0 fully saturated rings. The molecule has 0 spiro atoms. The van der Waals surface area contributed by atoms with Gasteiger partial charge in [-0.1, -0.05) is 5.16 Å². The molecule has 1 aromatic heterocycles.